The summed E-state index contributed by atoms with van der Waals surface area (Å²) in [5.41, 5.74) is 2.63. The summed E-state index contributed by atoms with van der Waals surface area (Å²) < 4.78 is 39.1. The molecule has 0 saturated heterocycles. The maximum atomic E-state index is 13.1. The zero-order valence-corrected chi connectivity index (χ0v) is 23.5. The second-order valence-corrected chi connectivity index (χ2v) is 11.9. The van der Waals surface area contributed by atoms with Crippen molar-refractivity contribution in [2.24, 2.45) is 0 Å². The molecule has 1 aliphatic carbocycles. The van der Waals surface area contributed by atoms with Crippen LogP contribution in [-0.2, 0) is 30.7 Å². The third-order valence-corrected chi connectivity index (χ3v) is 9.01. The first kappa shape index (κ1) is 29.7. The van der Waals surface area contributed by atoms with Crippen LogP contribution in [0.15, 0.2) is 17.0 Å². The van der Waals surface area contributed by atoms with Crippen LogP contribution in [0.3, 0.4) is 0 Å². The maximum Gasteiger partial charge on any atom is 0.248 e. The van der Waals surface area contributed by atoms with Gasteiger partial charge in [0, 0.05) is 33.2 Å². The molecular weight excluding hydrogens is 466 g/mol. The minimum absolute atomic E-state index is 0.0487. The molecule has 1 aromatic rings. The van der Waals surface area contributed by atoms with Gasteiger partial charge in [-0.15, -0.1) is 0 Å². The molecule has 0 heterocycles. The van der Waals surface area contributed by atoms with E-state index in [1.165, 1.54) is 4.31 Å². The summed E-state index contributed by atoms with van der Waals surface area (Å²) in [7, 11) is 3.82. The Balaban J connectivity index is 1.76. The van der Waals surface area contributed by atoms with Crippen LogP contribution in [0.25, 0.3) is 0 Å². The fourth-order valence-corrected chi connectivity index (χ4v) is 6.14. The molecule has 0 atom stereocenters. The van der Waals surface area contributed by atoms with E-state index in [2.05, 4.69) is 11.8 Å². The van der Waals surface area contributed by atoms with Crippen molar-refractivity contribution in [2.45, 2.75) is 69.9 Å². The Hall–Kier alpha value is -1.52. The van der Waals surface area contributed by atoms with Crippen LogP contribution in [0.2, 0.25) is 0 Å². The SMILES string of the molecule is CCc1cc(C)c(S(=O)(=O)N(C)CCOCC(=O)N(C)[C@H]2CC[C@H](OCCN(C)C)CC2)c(C)c1. The molecule has 1 aromatic carbocycles. The summed E-state index contributed by atoms with van der Waals surface area (Å²) in [5.74, 6) is -0.0747. The van der Waals surface area contributed by atoms with Crippen LogP contribution < -0.4 is 0 Å². The normalized spacial score (nSPS) is 18.9. The van der Waals surface area contributed by atoms with Crippen LogP contribution >= 0.6 is 0 Å². The van der Waals surface area contributed by atoms with Crippen LogP contribution in [0, 0.1) is 13.8 Å². The topological polar surface area (TPSA) is 79.4 Å². The summed E-state index contributed by atoms with van der Waals surface area (Å²) in [6.45, 7) is 7.66. The van der Waals surface area contributed by atoms with Gasteiger partial charge in [0.15, 0.2) is 0 Å². The molecule has 8 nitrogen and oxygen atoms in total. The Morgan fingerprint density at radius 2 is 1.57 bits per heavy atom. The highest BCUT2D eigenvalue weighted by Crippen LogP contribution is 2.26. The number of carbonyl (C=O) groups excluding carboxylic acids is 1. The third kappa shape index (κ3) is 8.53. The number of benzene rings is 1. The van der Waals surface area contributed by atoms with E-state index in [-0.39, 0.29) is 37.8 Å². The van der Waals surface area contributed by atoms with E-state index in [4.69, 9.17) is 9.47 Å². The van der Waals surface area contributed by atoms with Crippen molar-refractivity contribution in [1.29, 1.82) is 0 Å². The number of likely N-dealkylation sites (N-methyl/N-ethyl adjacent to an activating group) is 3. The molecule has 0 N–H and O–H groups in total. The number of ether oxygens (including phenoxy) is 2. The lowest BCUT2D eigenvalue weighted by Gasteiger charge is -2.34. The Morgan fingerprint density at radius 1 is 0.971 bits per heavy atom. The minimum Gasteiger partial charge on any atom is -0.377 e. The van der Waals surface area contributed by atoms with Gasteiger partial charge in [-0.3, -0.25) is 4.79 Å². The number of sulfonamides is 1. The van der Waals surface area contributed by atoms with Gasteiger partial charge in [-0.25, -0.2) is 8.42 Å². The number of carbonyl (C=O) groups is 1. The number of rotatable bonds is 13. The van der Waals surface area contributed by atoms with Gasteiger partial charge in [-0.05, 0) is 76.7 Å². The van der Waals surface area contributed by atoms with Gasteiger partial charge in [0.2, 0.25) is 15.9 Å². The molecule has 1 saturated carbocycles. The maximum absolute atomic E-state index is 13.1. The lowest BCUT2D eigenvalue weighted by Crippen LogP contribution is -2.42. The molecule has 1 fully saturated rings. The molecule has 200 valence electrons. The number of aryl methyl sites for hydroxylation is 3. The lowest BCUT2D eigenvalue weighted by molar-refractivity contribution is -0.138. The molecule has 0 unspecified atom stereocenters. The zero-order valence-electron chi connectivity index (χ0n) is 22.7. The Kier molecular flexibility index (Phi) is 11.6. The van der Waals surface area contributed by atoms with E-state index in [0.29, 0.717) is 4.90 Å². The minimum atomic E-state index is -3.63. The fraction of sp³-hybridized carbons (Fsp3) is 0.731. The molecule has 0 spiro atoms. The van der Waals surface area contributed by atoms with Gasteiger partial charge in [-0.2, -0.15) is 4.31 Å². The predicted octanol–water partition coefficient (Wildman–Crippen LogP) is 2.85. The predicted molar refractivity (Wildman–Crippen MR) is 139 cm³/mol. The molecule has 0 radical (unpaired) electrons. The van der Waals surface area contributed by atoms with Gasteiger partial charge in [0.05, 0.1) is 24.2 Å². The molecule has 0 bridgehead atoms. The average Bonchev–Trinajstić information content (AvgIpc) is 2.80. The lowest BCUT2D eigenvalue weighted by atomic mass is 9.92. The Morgan fingerprint density at radius 3 is 2.11 bits per heavy atom. The average molecular weight is 512 g/mol. The largest absolute Gasteiger partial charge is 0.377 e. The van der Waals surface area contributed by atoms with E-state index in [0.717, 1.165) is 61.9 Å². The van der Waals surface area contributed by atoms with E-state index in [1.807, 2.05) is 47.1 Å². The van der Waals surface area contributed by atoms with Crippen LogP contribution in [0.4, 0.5) is 0 Å². The smallest absolute Gasteiger partial charge is 0.248 e. The van der Waals surface area contributed by atoms with Crippen LogP contribution in [-0.4, -0.2) is 102 Å². The highest BCUT2D eigenvalue weighted by Gasteiger charge is 2.28. The molecular formula is C26H45N3O5S. The van der Waals surface area contributed by atoms with Gasteiger partial charge in [-0.1, -0.05) is 19.1 Å². The summed E-state index contributed by atoms with van der Waals surface area (Å²) >= 11 is 0. The Labute approximate surface area is 212 Å². The van der Waals surface area contributed by atoms with Gasteiger partial charge >= 0.3 is 0 Å². The van der Waals surface area contributed by atoms with Crippen molar-refractivity contribution in [2.75, 3.05) is 61.1 Å². The van der Waals surface area contributed by atoms with Crippen molar-refractivity contribution in [1.82, 2.24) is 14.1 Å². The first-order valence-electron chi connectivity index (χ1n) is 12.6. The van der Waals surface area contributed by atoms with Crippen molar-refractivity contribution in [3.63, 3.8) is 0 Å². The number of nitrogens with zero attached hydrogens (tertiary/aromatic N) is 3. The molecule has 0 aliphatic heterocycles. The van der Waals surface area contributed by atoms with E-state index in [9.17, 15) is 13.2 Å². The molecule has 9 heteroatoms. The van der Waals surface area contributed by atoms with Crippen molar-refractivity contribution < 1.29 is 22.7 Å². The second-order valence-electron chi connectivity index (χ2n) is 9.90. The number of amides is 1. The van der Waals surface area contributed by atoms with Gasteiger partial charge in [0.25, 0.3) is 0 Å². The van der Waals surface area contributed by atoms with Crippen molar-refractivity contribution in [3.8, 4) is 0 Å². The first-order chi connectivity index (χ1) is 16.5. The van der Waals surface area contributed by atoms with Crippen molar-refractivity contribution in [3.05, 3.63) is 28.8 Å². The highest BCUT2D eigenvalue weighted by atomic mass is 32.2. The summed E-state index contributed by atoms with van der Waals surface area (Å²) in [6.07, 6.45) is 4.89. The quantitative estimate of drug-likeness (QED) is 0.379. The zero-order chi connectivity index (χ0) is 26.2. The van der Waals surface area contributed by atoms with Gasteiger partial charge in [0.1, 0.15) is 6.61 Å². The number of hydrogen-bond donors (Lipinski definition) is 0. The summed E-state index contributed by atoms with van der Waals surface area (Å²) in [5, 5.41) is 0. The van der Waals surface area contributed by atoms with Crippen LogP contribution in [0.1, 0.15) is 49.3 Å². The monoisotopic (exact) mass is 511 g/mol. The molecule has 0 aromatic heterocycles. The molecule has 2 rings (SSSR count). The van der Waals surface area contributed by atoms with Crippen LogP contribution in [0.5, 0.6) is 0 Å². The van der Waals surface area contributed by atoms with Gasteiger partial charge < -0.3 is 19.3 Å². The first-order valence-corrected chi connectivity index (χ1v) is 14.1. The highest BCUT2D eigenvalue weighted by molar-refractivity contribution is 7.89. The second kappa shape index (κ2) is 13.7. The summed E-state index contributed by atoms with van der Waals surface area (Å²) in [4.78, 5) is 16.9. The third-order valence-electron chi connectivity index (χ3n) is 6.85. The van der Waals surface area contributed by atoms with Crippen molar-refractivity contribution >= 4 is 15.9 Å². The standard InChI is InChI=1S/C26H45N3O5S/c1-8-22-17-20(2)26(21(3)18-22)35(31,32)28(6)14-15-33-19-25(30)29(7)23-9-11-24(12-10-23)34-16-13-27(4)5/h17-18,23-24H,8-16,19H2,1-7H3/t23-,24-. The molecule has 1 amide bonds. The molecule has 35 heavy (non-hydrogen) atoms. The van der Waals surface area contributed by atoms with E-state index < -0.39 is 10.0 Å². The molecule has 1 aliphatic rings. The Bertz CT molecular complexity index is 904. The number of hydrogen-bond acceptors (Lipinski definition) is 6. The van der Waals surface area contributed by atoms with E-state index in [1.54, 1.807) is 11.9 Å². The fourth-order valence-electron chi connectivity index (χ4n) is 4.59. The van der Waals surface area contributed by atoms with E-state index >= 15 is 0 Å². The summed E-state index contributed by atoms with van der Waals surface area (Å²) in [6, 6.07) is 4.06.